The fraction of sp³-hybridized carbons (Fsp3) is 0.417. The van der Waals surface area contributed by atoms with Gasteiger partial charge in [-0.2, -0.15) is 0 Å². The van der Waals surface area contributed by atoms with Gasteiger partial charge in [-0.25, -0.2) is 0 Å². The first-order chi connectivity index (χ1) is 7.15. The van der Waals surface area contributed by atoms with E-state index >= 15 is 0 Å². The number of benzene rings is 1. The molecule has 3 heteroatoms. The minimum atomic E-state index is -0.739. The molecule has 1 aliphatic rings. The van der Waals surface area contributed by atoms with Gasteiger partial charge in [0.15, 0.2) is 0 Å². The lowest BCUT2D eigenvalue weighted by molar-refractivity contribution is -0.136. The van der Waals surface area contributed by atoms with E-state index in [1.54, 1.807) is 0 Å². The molecule has 1 heterocycles. The molecule has 0 fully saturated rings. The zero-order valence-electron chi connectivity index (χ0n) is 8.79. The monoisotopic (exact) mass is 205 g/mol. The highest BCUT2D eigenvalue weighted by molar-refractivity contribution is 5.67. The van der Waals surface area contributed by atoms with Gasteiger partial charge in [0.25, 0.3) is 0 Å². The van der Waals surface area contributed by atoms with Crippen molar-refractivity contribution in [2.45, 2.75) is 32.2 Å². The van der Waals surface area contributed by atoms with Crippen molar-refractivity contribution in [3.63, 3.8) is 0 Å². The first-order valence-electron chi connectivity index (χ1n) is 5.25. The van der Waals surface area contributed by atoms with Crippen LogP contribution in [0.15, 0.2) is 18.2 Å². The molecule has 2 rings (SSSR count). The Kier molecular flexibility index (Phi) is 2.62. The molecule has 1 atom stereocenters. The summed E-state index contributed by atoms with van der Waals surface area (Å²) in [6, 6.07) is 6.70. The number of aryl methyl sites for hydroxylation is 1. The molecule has 0 saturated carbocycles. The van der Waals surface area contributed by atoms with E-state index in [0.29, 0.717) is 12.5 Å². The highest BCUT2D eigenvalue weighted by atomic mass is 16.4. The molecule has 80 valence electrons. The molecule has 0 saturated heterocycles. The first kappa shape index (κ1) is 10.0. The van der Waals surface area contributed by atoms with Gasteiger partial charge in [-0.15, -0.1) is 0 Å². The molecular weight excluding hydrogens is 190 g/mol. The third-order valence-electron chi connectivity index (χ3n) is 2.73. The van der Waals surface area contributed by atoms with E-state index in [9.17, 15) is 4.79 Å². The minimum absolute atomic E-state index is 0.203. The van der Waals surface area contributed by atoms with Crippen molar-refractivity contribution in [3.8, 4) is 0 Å². The van der Waals surface area contributed by atoms with Crippen LogP contribution in [0, 0.1) is 0 Å². The first-order valence-corrected chi connectivity index (χ1v) is 5.25. The van der Waals surface area contributed by atoms with Crippen molar-refractivity contribution in [1.29, 1.82) is 0 Å². The number of hydrogen-bond donors (Lipinski definition) is 2. The van der Waals surface area contributed by atoms with Crippen LogP contribution < -0.4 is 5.32 Å². The van der Waals surface area contributed by atoms with Gasteiger partial charge in [-0.1, -0.05) is 12.1 Å². The largest absolute Gasteiger partial charge is 0.481 e. The molecule has 0 amide bonds. The molecule has 0 aromatic heterocycles. The van der Waals surface area contributed by atoms with Crippen molar-refractivity contribution < 1.29 is 9.90 Å². The summed E-state index contributed by atoms with van der Waals surface area (Å²) >= 11 is 0. The molecule has 1 unspecified atom stereocenters. The predicted octanol–water partition coefficient (Wildman–Crippen LogP) is 2.06. The van der Waals surface area contributed by atoms with Crippen LogP contribution in [0.25, 0.3) is 0 Å². The van der Waals surface area contributed by atoms with E-state index in [4.69, 9.17) is 5.11 Å². The number of carbonyl (C=O) groups is 1. The van der Waals surface area contributed by atoms with Crippen LogP contribution in [0.3, 0.4) is 0 Å². The summed E-state index contributed by atoms with van der Waals surface area (Å²) in [6.45, 7) is 2.15. The van der Waals surface area contributed by atoms with Crippen molar-refractivity contribution in [1.82, 2.24) is 0 Å². The molecule has 15 heavy (non-hydrogen) atoms. The maximum Gasteiger partial charge on any atom is 0.303 e. The van der Waals surface area contributed by atoms with Crippen LogP contribution in [0.1, 0.15) is 24.5 Å². The Labute approximate surface area is 89.1 Å². The van der Waals surface area contributed by atoms with E-state index in [2.05, 4.69) is 24.4 Å². The van der Waals surface area contributed by atoms with E-state index in [1.165, 1.54) is 11.3 Å². The molecule has 3 nitrogen and oxygen atoms in total. The van der Waals surface area contributed by atoms with Crippen molar-refractivity contribution >= 4 is 11.7 Å². The Balaban J connectivity index is 2.09. The molecule has 1 aromatic carbocycles. The summed E-state index contributed by atoms with van der Waals surface area (Å²) in [7, 11) is 0. The van der Waals surface area contributed by atoms with Gasteiger partial charge in [0.2, 0.25) is 0 Å². The normalized spacial score (nSPS) is 18.3. The lowest BCUT2D eigenvalue weighted by atomic mass is 10.0. The summed E-state index contributed by atoms with van der Waals surface area (Å²) < 4.78 is 0. The van der Waals surface area contributed by atoms with Crippen LogP contribution in [0.5, 0.6) is 0 Å². The number of carboxylic acids is 1. The van der Waals surface area contributed by atoms with Gasteiger partial charge >= 0.3 is 5.97 Å². The van der Waals surface area contributed by atoms with Gasteiger partial charge in [0.05, 0.1) is 0 Å². The standard InChI is InChI=1S/C12H15NO2/c1-8-6-10-4-2-9(3-5-12(14)15)7-11(10)13-8/h2,4,7-8,13H,3,5-6H2,1H3,(H,14,15). The fourth-order valence-electron chi connectivity index (χ4n) is 1.99. The SMILES string of the molecule is CC1Cc2ccc(CCC(=O)O)cc2N1. The second-order valence-electron chi connectivity index (χ2n) is 4.13. The molecule has 1 aromatic rings. The van der Waals surface area contributed by atoms with Crippen molar-refractivity contribution in [2.24, 2.45) is 0 Å². The van der Waals surface area contributed by atoms with E-state index in [0.717, 1.165) is 12.0 Å². The van der Waals surface area contributed by atoms with E-state index in [-0.39, 0.29) is 6.42 Å². The van der Waals surface area contributed by atoms with Gasteiger partial charge in [-0.3, -0.25) is 4.79 Å². The van der Waals surface area contributed by atoms with Gasteiger partial charge < -0.3 is 10.4 Å². The highest BCUT2D eigenvalue weighted by Gasteiger charge is 2.16. The number of nitrogens with one attached hydrogen (secondary N) is 1. The Morgan fingerprint density at radius 1 is 1.60 bits per heavy atom. The summed E-state index contributed by atoms with van der Waals surface area (Å²) in [4.78, 5) is 10.4. The maximum atomic E-state index is 10.4. The summed E-state index contributed by atoms with van der Waals surface area (Å²) in [5, 5.41) is 12.0. The second-order valence-corrected chi connectivity index (χ2v) is 4.13. The number of hydrogen-bond acceptors (Lipinski definition) is 2. The quantitative estimate of drug-likeness (QED) is 0.794. The Morgan fingerprint density at radius 2 is 2.40 bits per heavy atom. The number of fused-ring (bicyclic) bond motifs is 1. The van der Waals surface area contributed by atoms with E-state index in [1.807, 2.05) is 6.07 Å². The van der Waals surface area contributed by atoms with Crippen LogP contribution >= 0.6 is 0 Å². The molecule has 0 aliphatic carbocycles. The Morgan fingerprint density at radius 3 is 3.13 bits per heavy atom. The van der Waals surface area contributed by atoms with Crippen LogP contribution in [-0.4, -0.2) is 17.1 Å². The van der Waals surface area contributed by atoms with Crippen LogP contribution in [0.4, 0.5) is 5.69 Å². The van der Waals surface area contributed by atoms with E-state index < -0.39 is 5.97 Å². The molecule has 0 bridgehead atoms. The number of carboxylic acid groups (broad SMARTS) is 1. The highest BCUT2D eigenvalue weighted by Crippen LogP contribution is 2.26. The number of aliphatic carboxylic acids is 1. The molecule has 2 N–H and O–H groups in total. The third kappa shape index (κ3) is 2.29. The number of rotatable bonds is 3. The summed E-state index contributed by atoms with van der Waals surface area (Å²) in [5.41, 5.74) is 3.60. The Bertz CT molecular complexity index is 387. The number of anilines is 1. The fourth-order valence-corrected chi connectivity index (χ4v) is 1.99. The summed E-state index contributed by atoms with van der Waals surface area (Å²) in [6.07, 6.45) is 1.88. The second kappa shape index (κ2) is 3.93. The third-order valence-corrected chi connectivity index (χ3v) is 2.73. The maximum absolute atomic E-state index is 10.4. The van der Waals surface area contributed by atoms with Crippen LogP contribution in [-0.2, 0) is 17.6 Å². The summed E-state index contributed by atoms with van der Waals surface area (Å²) in [5.74, 6) is -0.739. The molecular formula is C12H15NO2. The van der Waals surface area contributed by atoms with Crippen molar-refractivity contribution in [3.05, 3.63) is 29.3 Å². The van der Waals surface area contributed by atoms with Gasteiger partial charge in [0.1, 0.15) is 0 Å². The molecule has 1 aliphatic heterocycles. The average Bonchev–Trinajstić information content (AvgIpc) is 2.53. The predicted molar refractivity (Wildman–Crippen MR) is 59.2 cm³/mol. The smallest absolute Gasteiger partial charge is 0.303 e. The van der Waals surface area contributed by atoms with Gasteiger partial charge in [0, 0.05) is 18.2 Å². The van der Waals surface area contributed by atoms with Crippen molar-refractivity contribution in [2.75, 3.05) is 5.32 Å². The lowest BCUT2D eigenvalue weighted by Gasteiger charge is -2.04. The Hall–Kier alpha value is -1.51. The van der Waals surface area contributed by atoms with Crippen LogP contribution in [0.2, 0.25) is 0 Å². The molecule has 0 radical (unpaired) electrons. The zero-order chi connectivity index (χ0) is 10.8. The minimum Gasteiger partial charge on any atom is -0.481 e. The zero-order valence-corrected chi connectivity index (χ0v) is 8.79. The average molecular weight is 205 g/mol. The van der Waals surface area contributed by atoms with Gasteiger partial charge in [-0.05, 0) is 37.0 Å². The lowest BCUT2D eigenvalue weighted by Crippen LogP contribution is -2.08. The molecule has 0 spiro atoms. The topological polar surface area (TPSA) is 49.3 Å².